The van der Waals surface area contributed by atoms with Crippen molar-refractivity contribution in [3.8, 4) is 57.3 Å². The molecule has 8 rings (SSSR count). The molecular weight excluding hydrogens is 916 g/mol. The Morgan fingerprint density at radius 3 is 1.48 bits per heavy atom. The smallest absolute Gasteiger partial charge is 0.428 e. The molecule has 16 nitrogen and oxygen atoms in total. The minimum absolute atomic E-state index is 0.0449. The molecule has 0 bridgehead atoms. The first-order chi connectivity index (χ1) is 30.7. The van der Waals surface area contributed by atoms with E-state index in [2.05, 4.69) is 40.4 Å². The Morgan fingerprint density at radius 2 is 1.06 bits per heavy atom. The average molecular weight is 940 g/mol. The van der Waals surface area contributed by atoms with Crippen LogP contribution < -0.4 is 5.32 Å². The second-order valence-electron chi connectivity index (χ2n) is 13.4. The number of rotatable bonds is 11. The normalized spacial score (nSPS) is 12.0. The summed E-state index contributed by atoms with van der Waals surface area (Å²) >= 11 is 5.71. The minimum atomic E-state index is -6.14. The zero-order valence-corrected chi connectivity index (χ0v) is 32.7. The van der Waals surface area contributed by atoms with Crippen molar-refractivity contribution in [2.24, 2.45) is 0 Å². The highest BCUT2D eigenvalue weighted by Gasteiger charge is 2.70. The monoisotopic (exact) mass is 939 g/mol. The van der Waals surface area contributed by atoms with Crippen molar-refractivity contribution < 1.29 is 68.3 Å². The molecule has 0 fully saturated rings. The maximum absolute atomic E-state index is 14.3. The predicted molar refractivity (Wildman–Crippen MR) is 202 cm³/mol. The number of hydrogen-bond donors (Lipinski definition) is 4. The maximum Gasteiger partial charge on any atom is 0.428 e. The summed E-state index contributed by atoms with van der Waals surface area (Å²) in [5.41, 5.74) is -3.31. The third-order valence-corrected chi connectivity index (χ3v) is 9.29. The van der Waals surface area contributed by atoms with Crippen LogP contribution in [0.15, 0.2) is 94.6 Å². The van der Waals surface area contributed by atoms with E-state index in [1.54, 1.807) is 12.1 Å². The minimum Gasteiger partial charge on any atom is -0.508 e. The van der Waals surface area contributed by atoms with Crippen molar-refractivity contribution in [2.75, 3.05) is 11.9 Å². The highest BCUT2D eigenvalue weighted by molar-refractivity contribution is 6.29. The highest BCUT2D eigenvalue weighted by Crippen LogP contribution is 2.43. The molecule has 4 N–H and O–H groups in total. The molecule has 27 heteroatoms. The fourth-order valence-electron chi connectivity index (χ4n) is 5.70. The van der Waals surface area contributed by atoms with Gasteiger partial charge in [-0.15, -0.1) is 0 Å². The number of aromatic hydroxyl groups is 2. The highest BCUT2D eigenvalue weighted by atomic mass is 35.5. The molecule has 2 aromatic carbocycles. The van der Waals surface area contributed by atoms with Gasteiger partial charge in [-0.05, 0) is 24.3 Å². The lowest BCUT2D eigenvalue weighted by Gasteiger charge is -2.32. The fourth-order valence-corrected chi connectivity index (χ4v) is 5.83. The first-order valence-electron chi connectivity index (χ1n) is 17.9. The lowest BCUT2D eigenvalue weighted by molar-refractivity contribution is -0.362. The molecule has 0 radical (unpaired) electrons. The van der Waals surface area contributed by atoms with Gasteiger partial charge in [-0.3, -0.25) is 9.36 Å². The summed E-state index contributed by atoms with van der Waals surface area (Å²) in [6.45, 7) is -2.39. The van der Waals surface area contributed by atoms with Gasteiger partial charge >= 0.3 is 12.4 Å². The molecule has 0 aliphatic rings. The Hall–Kier alpha value is -7.61. The van der Waals surface area contributed by atoms with Crippen molar-refractivity contribution >= 4 is 17.4 Å². The third kappa shape index (κ3) is 9.81. The maximum atomic E-state index is 14.3. The summed E-state index contributed by atoms with van der Waals surface area (Å²) in [5.74, 6) is -5.44. The lowest BCUT2D eigenvalue weighted by Crippen LogP contribution is -2.61. The Kier molecular flexibility index (Phi) is 12.5. The molecule has 65 heavy (non-hydrogen) atoms. The molecule has 0 saturated heterocycles. The van der Waals surface area contributed by atoms with Crippen molar-refractivity contribution in [1.82, 2.24) is 49.8 Å². The molecule has 6 heterocycles. The molecular formula is C38H24ClF10N11O5. The van der Waals surface area contributed by atoms with Crippen molar-refractivity contribution in [2.45, 2.75) is 31.0 Å². The van der Waals surface area contributed by atoms with Gasteiger partial charge in [0.15, 0.2) is 34.3 Å². The molecule has 0 aliphatic heterocycles. The predicted octanol–water partition coefficient (Wildman–Crippen LogP) is 7.98. The molecule has 6 aromatic heterocycles. The van der Waals surface area contributed by atoms with E-state index >= 15 is 0 Å². The lowest BCUT2D eigenvalue weighted by atomic mass is 10.0. The second kappa shape index (κ2) is 17.9. The van der Waals surface area contributed by atoms with Gasteiger partial charge in [0.2, 0.25) is 0 Å². The summed E-state index contributed by atoms with van der Waals surface area (Å²) in [6, 6.07) is 13.1. The van der Waals surface area contributed by atoms with E-state index in [-0.39, 0.29) is 58.2 Å². The second-order valence-corrected chi connectivity index (χ2v) is 13.8. The van der Waals surface area contributed by atoms with Gasteiger partial charge in [-0.25, -0.2) is 37.5 Å². The number of anilines is 1. The molecule has 0 saturated carbocycles. The van der Waals surface area contributed by atoms with Crippen LogP contribution in [0, 0.1) is 23.3 Å². The first kappa shape index (κ1) is 45.4. The number of nitrogens with one attached hydrogen (secondary N) is 1. The van der Waals surface area contributed by atoms with Crippen molar-refractivity contribution in [1.29, 1.82) is 0 Å². The summed E-state index contributed by atoms with van der Waals surface area (Å²) in [5, 5.41) is 45.4. The number of aromatic nitrogens is 10. The van der Waals surface area contributed by atoms with Crippen LogP contribution in [0.5, 0.6) is 11.5 Å². The zero-order valence-electron chi connectivity index (χ0n) is 32.0. The SMILES string of the molecule is Oc1ccc(Cn2nc(-c3ncc(F)c(Cl)n3)cc2-c2ccon2)c(F)c1.Oc1ccc(Cn2nc(-c3ncc(F)c(NCC(O)(C(F)(F)F)C(F)(F)F)n3)cc2-c2ccon2)c(F)c1. The molecule has 0 atom stereocenters. The Bertz CT molecular complexity index is 2930. The van der Waals surface area contributed by atoms with Gasteiger partial charge in [0.1, 0.15) is 58.4 Å². The van der Waals surface area contributed by atoms with Gasteiger partial charge in [0.05, 0.1) is 43.4 Å². The van der Waals surface area contributed by atoms with Crippen molar-refractivity contribution in [3.63, 3.8) is 0 Å². The van der Waals surface area contributed by atoms with E-state index < -0.39 is 59.4 Å². The van der Waals surface area contributed by atoms with Crippen LogP contribution in [0.3, 0.4) is 0 Å². The summed E-state index contributed by atoms with van der Waals surface area (Å²) < 4.78 is 146. The van der Waals surface area contributed by atoms with Gasteiger partial charge in [-0.2, -0.15) is 36.5 Å². The average Bonchev–Trinajstić information content (AvgIpc) is 4.08. The van der Waals surface area contributed by atoms with Gasteiger partial charge in [0, 0.05) is 35.4 Å². The molecule has 8 aromatic rings. The Morgan fingerprint density at radius 1 is 0.600 bits per heavy atom. The number of benzene rings is 2. The number of alkyl halides is 6. The van der Waals surface area contributed by atoms with E-state index in [0.717, 1.165) is 18.3 Å². The third-order valence-electron chi connectivity index (χ3n) is 9.03. The molecule has 338 valence electrons. The van der Waals surface area contributed by atoms with Crippen LogP contribution in [-0.2, 0) is 13.1 Å². The van der Waals surface area contributed by atoms with E-state index in [1.165, 1.54) is 63.6 Å². The van der Waals surface area contributed by atoms with Crippen LogP contribution in [0.25, 0.3) is 45.8 Å². The standard InChI is InChI=1S/C21H14F8N6O3.C17H10ClF2N5O2/c22-12-5-11(36)2-1-10(12)8-35-16(14-3-4-38-34-14)6-15(33-35)18-30-7-13(23)17(32-18)31-9-19(37,20(24,25)26)21(27,28)29;18-16-12(20)7-21-17(22-16)14-6-15(13-3-4-27-24-13)25(23-14)8-9-1-2-10(26)5-11(9)19/h1-7,36-37H,8-9H2,(H,30,31,32);1-7,26H,8H2. The number of phenols is 2. The quantitative estimate of drug-likeness (QED) is 0.0716. The van der Waals surface area contributed by atoms with Crippen molar-refractivity contribution in [3.05, 3.63) is 125 Å². The van der Waals surface area contributed by atoms with E-state index in [1.807, 2.05) is 0 Å². The number of nitrogens with zero attached hydrogens (tertiary/aromatic N) is 10. The van der Waals surface area contributed by atoms with E-state index in [4.69, 9.17) is 20.6 Å². The van der Waals surface area contributed by atoms with Crippen LogP contribution in [-0.4, -0.2) is 89.6 Å². The van der Waals surface area contributed by atoms with E-state index in [0.29, 0.717) is 28.8 Å². The van der Waals surface area contributed by atoms with Crippen LogP contribution in [0.2, 0.25) is 5.15 Å². The zero-order chi connectivity index (χ0) is 46.8. The number of hydrogen-bond acceptors (Lipinski definition) is 14. The number of aliphatic hydroxyl groups is 1. The largest absolute Gasteiger partial charge is 0.508 e. The molecule has 0 amide bonds. The number of phenolic OH excluding ortho intramolecular Hbond substituents is 2. The van der Waals surface area contributed by atoms with Gasteiger partial charge in [-0.1, -0.05) is 34.0 Å². The Balaban J connectivity index is 0.000000205. The molecule has 0 aliphatic carbocycles. The number of halogens is 11. The molecule has 0 unspecified atom stereocenters. The van der Waals surface area contributed by atoms with E-state index in [9.17, 15) is 59.2 Å². The topological polar surface area (TPSA) is 212 Å². The summed E-state index contributed by atoms with van der Waals surface area (Å²) in [4.78, 5) is 15.0. The van der Waals surface area contributed by atoms with Crippen LogP contribution in [0.4, 0.5) is 49.7 Å². The van der Waals surface area contributed by atoms with Gasteiger partial charge in [0.25, 0.3) is 5.60 Å². The fraction of sp³-hybridized carbons (Fsp3) is 0.158. The summed E-state index contributed by atoms with van der Waals surface area (Å²) in [7, 11) is 0. The Labute approximate surface area is 360 Å². The van der Waals surface area contributed by atoms with Crippen LogP contribution in [0.1, 0.15) is 11.1 Å². The summed E-state index contributed by atoms with van der Waals surface area (Å²) in [6.07, 6.45) is -8.26. The van der Waals surface area contributed by atoms with Crippen LogP contribution >= 0.6 is 11.6 Å². The first-order valence-corrected chi connectivity index (χ1v) is 18.3. The molecule has 0 spiro atoms. The van der Waals surface area contributed by atoms with Gasteiger partial charge < -0.3 is 29.7 Å².